The lowest BCUT2D eigenvalue weighted by Crippen LogP contribution is -2.18. The van der Waals surface area contributed by atoms with Gasteiger partial charge in [-0.15, -0.1) is 0 Å². The molecule has 4 rings (SSSR count). The maximum atomic E-state index is 13.4. The zero-order valence-electron chi connectivity index (χ0n) is 14.0. The fourth-order valence-electron chi connectivity index (χ4n) is 3.20. The summed E-state index contributed by atoms with van der Waals surface area (Å²) in [5.74, 6) is -0.0123. The van der Waals surface area contributed by atoms with E-state index in [2.05, 4.69) is 15.2 Å². The molecule has 1 aliphatic carbocycles. The molecule has 0 radical (unpaired) electrons. The normalized spacial score (nSPS) is 16.1. The fraction of sp³-hybridized carbons (Fsp3) is 0.353. The SMILES string of the molecule is Cn1nc(-c2nc(C3(c4ccccc4C(F)(F)F)CC3)no2)cc1C(F)F. The molecule has 1 fully saturated rings. The van der Waals surface area contributed by atoms with Gasteiger partial charge in [0.25, 0.3) is 12.3 Å². The van der Waals surface area contributed by atoms with Crippen LogP contribution in [-0.2, 0) is 18.6 Å². The van der Waals surface area contributed by atoms with Crippen molar-refractivity contribution in [3.8, 4) is 11.6 Å². The number of alkyl halides is 5. The van der Waals surface area contributed by atoms with E-state index in [4.69, 9.17) is 4.52 Å². The highest BCUT2D eigenvalue weighted by Crippen LogP contribution is 2.55. The van der Waals surface area contributed by atoms with Crippen LogP contribution in [0.5, 0.6) is 0 Å². The second-order valence-corrected chi connectivity index (χ2v) is 6.43. The van der Waals surface area contributed by atoms with E-state index in [1.165, 1.54) is 25.2 Å². The first-order valence-corrected chi connectivity index (χ1v) is 8.06. The van der Waals surface area contributed by atoms with E-state index in [-0.39, 0.29) is 28.7 Å². The Bertz CT molecular complexity index is 987. The van der Waals surface area contributed by atoms with Crippen molar-refractivity contribution >= 4 is 0 Å². The first-order chi connectivity index (χ1) is 12.7. The van der Waals surface area contributed by atoms with E-state index in [1.807, 2.05) is 0 Å². The van der Waals surface area contributed by atoms with E-state index in [9.17, 15) is 22.0 Å². The Labute approximate surface area is 149 Å². The van der Waals surface area contributed by atoms with Crippen LogP contribution in [0.3, 0.4) is 0 Å². The van der Waals surface area contributed by atoms with Crippen LogP contribution in [0.15, 0.2) is 34.9 Å². The van der Waals surface area contributed by atoms with E-state index in [1.54, 1.807) is 0 Å². The molecule has 0 aliphatic heterocycles. The van der Waals surface area contributed by atoms with Gasteiger partial charge in [0.05, 0.1) is 11.0 Å². The summed E-state index contributed by atoms with van der Waals surface area (Å²) in [6.07, 6.45) is -6.37. The zero-order valence-corrected chi connectivity index (χ0v) is 14.0. The van der Waals surface area contributed by atoms with E-state index >= 15 is 0 Å². The summed E-state index contributed by atoms with van der Waals surface area (Å²) in [5, 5.41) is 7.73. The number of hydrogen-bond donors (Lipinski definition) is 0. The molecule has 142 valence electrons. The molecular formula is C17H13F5N4O. The van der Waals surface area contributed by atoms with Gasteiger partial charge in [0.15, 0.2) is 11.5 Å². The lowest BCUT2D eigenvalue weighted by Gasteiger charge is -2.18. The van der Waals surface area contributed by atoms with Crippen LogP contribution >= 0.6 is 0 Å². The second kappa shape index (κ2) is 5.86. The third-order valence-corrected chi connectivity index (χ3v) is 4.71. The summed E-state index contributed by atoms with van der Waals surface area (Å²) in [6.45, 7) is 0. The highest BCUT2D eigenvalue weighted by atomic mass is 19.4. The molecule has 0 spiro atoms. The number of benzene rings is 1. The monoisotopic (exact) mass is 384 g/mol. The molecule has 1 saturated carbocycles. The average molecular weight is 384 g/mol. The van der Waals surface area contributed by atoms with Crippen LogP contribution in [-0.4, -0.2) is 19.9 Å². The highest BCUT2D eigenvalue weighted by Gasteiger charge is 2.53. The summed E-state index contributed by atoms with van der Waals surface area (Å²) in [6, 6.07) is 6.39. The van der Waals surface area contributed by atoms with Crippen molar-refractivity contribution in [2.45, 2.75) is 30.9 Å². The zero-order chi connectivity index (χ0) is 19.4. The molecule has 0 saturated heterocycles. The van der Waals surface area contributed by atoms with Crippen LogP contribution in [0.25, 0.3) is 11.6 Å². The van der Waals surface area contributed by atoms with Gasteiger partial charge in [-0.2, -0.15) is 23.3 Å². The van der Waals surface area contributed by atoms with Crippen molar-refractivity contribution in [1.29, 1.82) is 0 Å². The molecule has 3 aromatic rings. The maximum Gasteiger partial charge on any atom is 0.416 e. The van der Waals surface area contributed by atoms with Gasteiger partial charge < -0.3 is 4.52 Å². The van der Waals surface area contributed by atoms with Crippen LogP contribution in [0.4, 0.5) is 22.0 Å². The Hall–Kier alpha value is -2.78. The van der Waals surface area contributed by atoms with E-state index in [0.29, 0.717) is 12.8 Å². The van der Waals surface area contributed by atoms with Gasteiger partial charge in [-0.3, -0.25) is 4.68 Å². The first kappa shape index (κ1) is 17.6. The van der Waals surface area contributed by atoms with Crippen molar-refractivity contribution in [1.82, 2.24) is 19.9 Å². The molecule has 27 heavy (non-hydrogen) atoms. The molecule has 5 nitrogen and oxygen atoms in total. The minimum Gasteiger partial charge on any atom is -0.332 e. The summed E-state index contributed by atoms with van der Waals surface area (Å²) < 4.78 is 72.0. The van der Waals surface area contributed by atoms with Gasteiger partial charge in [0.1, 0.15) is 5.69 Å². The molecule has 0 bridgehead atoms. The maximum absolute atomic E-state index is 13.4. The first-order valence-electron chi connectivity index (χ1n) is 8.06. The number of halogens is 5. The molecule has 1 aromatic carbocycles. The smallest absolute Gasteiger partial charge is 0.332 e. The van der Waals surface area contributed by atoms with Crippen LogP contribution in [0, 0.1) is 0 Å². The number of hydrogen-bond acceptors (Lipinski definition) is 4. The topological polar surface area (TPSA) is 56.7 Å². The molecular weight excluding hydrogens is 371 g/mol. The van der Waals surface area contributed by atoms with Crippen molar-refractivity contribution in [2.24, 2.45) is 7.05 Å². The van der Waals surface area contributed by atoms with Gasteiger partial charge in [0.2, 0.25) is 0 Å². The van der Waals surface area contributed by atoms with E-state index < -0.39 is 23.6 Å². The fourth-order valence-corrected chi connectivity index (χ4v) is 3.20. The van der Waals surface area contributed by atoms with Gasteiger partial charge in [-0.25, -0.2) is 8.78 Å². The molecule has 10 heteroatoms. The van der Waals surface area contributed by atoms with Gasteiger partial charge in [-0.1, -0.05) is 23.4 Å². The molecule has 1 aliphatic rings. The standard InChI is InChI=1S/C17H13F5N4O/c1-26-12(13(18)19)8-11(24-26)14-23-15(25-27-14)16(6-7-16)9-4-2-3-5-10(9)17(20,21)22/h2-5,8,13H,6-7H2,1H3. The Morgan fingerprint density at radius 2 is 1.89 bits per heavy atom. The summed E-state index contributed by atoms with van der Waals surface area (Å²) in [4.78, 5) is 4.16. The van der Waals surface area contributed by atoms with Crippen molar-refractivity contribution in [3.63, 3.8) is 0 Å². The van der Waals surface area contributed by atoms with Gasteiger partial charge in [-0.05, 0) is 30.5 Å². The second-order valence-electron chi connectivity index (χ2n) is 6.43. The molecule has 0 amide bonds. The van der Waals surface area contributed by atoms with Crippen LogP contribution in [0.1, 0.15) is 41.9 Å². The van der Waals surface area contributed by atoms with Gasteiger partial charge in [0, 0.05) is 7.05 Å². The molecule has 2 aromatic heterocycles. The number of aryl methyl sites for hydroxylation is 1. The lowest BCUT2D eigenvalue weighted by atomic mass is 9.90. The Morgan fingerprint density at radius 3 is 2.48 bits per heavy atom. The molecule has 0 atom stereocenters. The lowest BCUT2D eigenvalue weighted by molar-refractivity contribution is -0.138. The third-order valence-electron chi connectivity index (χ3n) is 4.71. The highest BCUT2D eigenvalue weighted by molar-refractivity contribution is 5.50. The predicted octanol–water partition coefficient (Wildman–Crippen LogP) is 4.51. The van der Waals surface area contributed by atoms with E-state index in [0.717, 1.165) is 16.8 Å². The number of aromatic nitrogens is 4. The molecule has 0 unspecified atom stereocenters. The minimum absolute atomic E-state index is 0.0476. The summed E-state index contributed by atoms with van der Waals surface area (Å²) in [5.41, 5.74) is -1.93. The Kier molecular flexibility index (Phi) is 3.83. The molecule has 2 heterocycles. The van der Waals surface area contributed by atoms with Crippen molar-refractivity contribution in [3.05, 3.63) is 53.0 Å². The minimum atomic E-state index is -4.51. The van der Waals surface area contributed by atoms with Crippen molar-refractivity contribution in [2.75, 3.05) is 0 Å². The number of nitrogens with zero attached hydrogens (tertiary/aromatic N) is 4. The van der Waals surface area contributed by atoms with Crippen LogP contribution in [0.2, 0.25) is 0 Å². The van der Waals surface area contributed by atoms with Gasteiger partial charge >= 0.3 is 6.18 Å². The molecule has 0 N–H and O–H groups in total. The van der Waals surface area contributed by atoms with Crippen LogP contribution < -0.4 is 0 Å². The summed E-state index contributed by atoms with van der Waals surface area (Å²) >= 11 is 0. The third kappa shape index (κ3) is 2.88. The Morgan fingerprint density at radius 1 is 1.19 bits per heavy atom. The predicted molar refractivity (Wildman–Crippen MR) is 82.9 cm³/mol. The largest absolute Gasteiger partial charge is 0.416 e. The van der Waals surface area contributed by atoms with Crippen molar-refractivity contribution < 1.29 is 26.5 Å². The Balaban J connectivity index is 1.73. The average Bonchev–Trinajstić information content (AvgIpc) is 3.08. The summed E-state index contributed by atoms with van der Waals surface area (Å²) in [7, 11) is 1.35. The quantitative estimate of drug-likeness (QED) is 0.622. The number of rotatable bonds is 4.